The summed E-state index contributed by atoms with van der Waals surface area (Å²) in [5.41, 5.74) is 0. The molecule has 24 heavy (non-hydrogen) atoms. The predicted molar refractivity (Wildman–Crippen MR) is 97.1 cm³/mol. The zero-order valence-corrected chi connectivity index (χ0v) is 16.2. The van der Waals surface area contributed by atoms with Gasteiger partial charge in [-0.3, -0.25) is 0 Å². The van der Waals surface area contributed by atoms with Crippen LogP contribution in [0.15, 0.2) is 0 Å². The van der Waals surface area contributed by atoms with E-state index in [1.165, 1.54) is 38.5 Å². The van der Waals surface area contributed by atoms with E-state index in [1.807, 2.05) is 0 Å². The Morgan fingerprint density at radius 3 is 2.58 bits per heavy atom. The van der Waals surface area contributed by atoms with Crippen molar-refractivity contribution in [1.82, 2.24) is 0 Å². The van der Waals surface area contributed by atoms with Crippen LogP contribution in [-0.2, 0) is 14.2 Å². The molecule has 0 spiro atoms. The van der Waals surface area contributed by atoms with E-state index >= 15 is 0 Å². The zero-order chi connectivity index (χ0) is 17.1. The fourth-order valence-electron chi connectivity index (χ4n) is 5.37. The average molecular weight is 339 g/mol. The first-order valence-corrected chi connectivity index (χ1v) is 10.5. The molecule has 1 saturated heterocycles. The van der Waals surface area contributed by atoms with E-state index in [0.29, 0.717) is 30.3 Å². The van der Waals surface area contributed by atoms with Crippen LogP contribution in [0.5, 0.6) is 0 Å². The predicted octanol–water partition coefficient (Wildman–Crippen LogP) is 4.83. The molecule has 1 aliphatic heterocycles. The van der Waals surface area contributed by atoms with Gasteiger partial charge in [-0.05, 0) is 63.2 Å². The lowest BCUT2D eigenvalue weighted by Crippen LogP contribution is -2.41. The molecular weight excluding hydrogens is 300 g/mol. The van der Waals surface area contributed by atoms with Crippen molar-refractivity contribution in [2.45, 2.75) is 97.1 Å². The number of hydrogen-bond donors (Lipinski definition) is 0. The molecule has 0 N–H and O–H groups in total. The smallest absolute Gasteiger partial charge is 0.0661 e. The van der Waals surface area contributed by atoms with Crippen LogP contribution in [0.25, 0.3) is 0 Å². The molecule has 140 valence electrons. The van der Waals surface area contributed by atoms with E-state index in [9.17, 15) is 0 Å². The molecule has 7 atom stereocenters. The molecule has 0 aromatic carbocycles. The molecule has 3 fully saturated rings. The zero-order valence-electron chi connectivity index (χ0n) is 16.2. The number of hydrogen-bond acceptors (Lipinski definition) is 3. The molecule has 0 amide bonds. The summed E-state index contributed by atoms with van der Waals surface area (Å²) in [6.07, 6.45) is 10.3. The highest BCUT2D eigenvalue weighted by atomic mass is 16.5. The Morgan fingerprint density at radius 2 is 1.83 bits per heavy atom. The summed E-state index contributed by atoms with van der Waals surface area (Å²) in [6, 6.07) is 0. The summed E-state index contributed by atoms with van der Waals surface area (Å²) in [7, 11) is 0. The molecule has 0 aromatic rings. The Hall–Kier alpha value is -0.120. The maximum Gasteiger partial charge on any atom is 0.0661 e. The van der Waals surface area contributed by atoms with Crippen LogP contribution in [0.1, 0.15) is 72.6 Å². The average Bonchev–Trinajstić information content (AvgIpc) is 2.93. The van der Waals surface area contributed by atoms with Crippen LogP contribution in [0.4, 0.5) is 0 Å². The van der Waals surface area contributed by atoms with Gasteiger partial charge in [-0.2, -0.15) is 0 Å². The van der Waals surface area contributed by atoms with Crippen LogP contribution in [0.3, 0.4) is 0 Å². The first-order chi connectivity index (χ1) is 11.6. The van der Waals surface area contributed by atoms with Gasteiger partial charge in [0.1, 0.15) is 0 Å². The van der Waals surface area contributed by atoms with Gasteiger partial charge in [0.2, 0.25) is 0 Å². The Morgan fingerprint density at radius 1 is 1.04 bits per heavy atom. The standard InChI is InChI=1S/C21H38O3/c1-5-22-19-11-10-18-17-9-8-16(23-12-6-7-14(2)3)13-20(17)24-21(18)15(19)4/h14-21H,5-13H2,1-4H3. The number of ether oxygens (including phenoxy) is 3. The molecule has 3 aliphatic rings. The first-order valence-electron chi connectivity index (χ1n) is 10.5. The highest BCUT2D eigenvalue weighted by molar-refractivity contribution is 5.00. The second-order valence-corrected chi connectivity index (χ2v) is 8.74. The molecule has 0 aromatic heterocycles. The van der Waals surface area contributed by atoms with Crippen LogP contribution in [0.2, 0.25) is 0 Å². The second-order valence-electron chi connectivity index (χ2n) is 8.74. The van der Waals surface area contributed by atoms with Crippen LogP contribution < -0.4 is 0 Å². The quantitative estimate of drug-likeness (QED) is 0.623. The summed E-state index contributed by atoms with van der Waals surface area (Å²) >= 11 is 0. The van der Waals surface area contributed by atoms with Gasteiger partial charge in [0, 0.05) is 25.6 Å². The minimum Gasteiger partial charge on any atom is -0.378 e. The van der Waals surface area contributed by atoms with Gasteiger partial charge < -0.3 is 14.2 Å². The summed E-state index contributed by atoms with van der Waals surface area (Å²) < 4.78 is 18.7. The Kier molecular flexibility index (Phi) is 6.62. The van der Waals surface area contributed by atoms with Gasteiger partial charge >= 0.3 is 0 Å². The van der Waals surface area contributed by atoms with Gasteiger partial charge in [-0.1, -0.05) is 20.8 Å². The molecule has 0 bridgehead atoms. The van der Waals surface area contributed by atoms with Gasteiger partial charge in [-0.15, -0.1) is 0 Å². The third kappa shape index (κ3) is 4.16. The van der Waals surface area contributed by atoms with Crippen molar-refractivity contribution in [2.24, 2.45) is 23.7 Å². The van der Waals surface area contributed by atoms with Gasteiger partial charge in [0.15, 0.2) is 0 Å². The minimum atomic E-state index is 0.402. The maximum atomic E-state index is 6.57. The van der Waals surface area contributed by atoms with Crippen LogP contribution in [-0.4, -0.2) is 37.6 Å². The fraction of sp³-hybridized carbons (Fsp3) is 1.00. The van der Waals surface area contributed by atoms with E-state index in [-0.39, 0.29) is 0 Å². The normalized spacial score (nSPS) is 42.1. The van der Waals surface area contributed by atoms with Crippen molar-refractivity contribution in [2.75, 3.05) is 13.2 Å². The fourth-order valence-corrected chi connectivity index (χ4v) is 5.37. The minimum absolute atomic E-state index is 0.402. The SMILES string of the molecule is CCOC1CCC2C3CCC(OCCCC(C)C)CC3OC2C1C. The van der Waals surface area contributed by atoms with E-state index < -0.39 is 0 Å². The third-order valence-electron chi connectivity index (χ3n) is 6.65. The summed E-state index contributed by atoms with van der Waals surface area (Å²) in [6.45, 7) is 10.8. The molecule has 2 saturated carbocycles. The molecule has 3 nitrogen and oxygen atoms in total. The second kappa shape index (κ2) is 8.51. The summed E-state index contributed by atoms with van der Waals surface area (Å²) in [4.78, 5) is 0. The largest absolute Gasteiger partial charge is 0.378 e. The van der Waals surface area contributed by atoms with Crippen LogP contribution in [0, 0.1) is 23.7 Å². The van der Waals surface area contributed by atoms with E-state index in [1.54, 1.807) is 0 Å². The first kappa shape index (κ1) is 18.7. The Labute approximate surface area is 148 Å². The third-order valence-corrected chi connectivity index (χ3v) is 6.65. The molecule has 3 rings (SSSR count). The summed E-state index contributed by atoms with van der Waals surface area (Å²) in [5.74, 6) is 2.87. The molecule has 3 heteroatoms. The van der Waals surface area contributed by atoms with Crippen molar-refractivity contribution < 1.29 is 14.2 Å². The Bertz CT molecular complexity index is 383. The lowest BCUT2D eigenvalue weighted by atomic mass is 9.69. The molecule has 0 radical (unpaired) electrons. The van der Waals surface area contributed by atoms with Crippen molar-refractivity contribution in [3.8, 4) is 0 Å². The van der Waals surface area contributed by atoms with Crippen molar-refractivity contribution in [3.05, 3.63) is 0 Å². The van der Waals surface area contributed by atoms with Crippen LogP contribution >= 0.6 is 0 Å². The van der Waals surface area contributed by atoms with Crippen molar-refractivity contribution in [1.29, 1.82) is 0 Å². The van der Waals surface area contributed by atoms with E-state index in [2.05, 4.69) is 27.7 Å². The monoisotopic (exact) mass is 338 g/mol. The van der Waals surface area contributed by atoms with Gasteiger partial charge in [0.05, 0.1) is 24.4 Å². The van der Waals surface area contributed by atoms with Gasteiger partial charge in [-0.25, -0.2) is 0 Å². The van der Waals surface area contributed by atoms with E-state index in [0.717, 1.165) is 37.4 Å². The number of fused-ring (bicyclic) bond motifs is 3. The number of rotatable bonds is 7. The highest BCUT2D eigenvalue weighted by Gasteiger charge is 2.52. The van der Waals surface area contributed by atoms with Crippen molar-refractivity contribution >= 4 is 0 Å². The molecule has 1 heterocycles. The molecule has 7 unspecified atom stereocenters. The molecular formula is C21H38O3. The van der Waals surface area contributed by atoms with E-state index in [4.69, 9.17) is 14.2 Å². The Balaban J connectivity index is 1.48. The lowest BCUT2D eigenvalue weighted by molar-refractivity contribution is -0.0959. The molecule has 2 aliphatic carbocycles. The lowest BCUT2D eigenvalue weighted by Gasteiger charge is -2.38. The van der Waals surface area contributed by atoms with Gasteiger partial charge in [0.25, 0.3) is 0 Å². The topological polar surface area (TPSA) is 27.7 Å². The highest BCUT2D eigenvalue weighted by Crippen LogP contribution is 2.50. The van der Waals surface area contributed by atoms with Crippen molar-refractivity contribution in [3.63, 3.8) is 0 Å². The summed E-state index contributed by atoms with van der Waals surface area (Å²) in [5, 5.41) is 0. The maximum absolute atomic E-state index is 6.57.